The normalized spacial score (nSPS) is 13.0. The van der Waals surface area contributed by atoms with Crippen LogP contribution in [-0.4, -0.2) is 10.1 Å². The van der Waals surface area contributed by atoms with E-state index < -0.39 is 0 Å². The highest BCUT2D eigenvalue weighted by molar-refractivity contribution is 9.10. The molecular formula is C9H12BrNO. The summed E-state index contributed by atoms with van der Waals surface area (Å²) >= 11 is 3.27. The van der Waals surface area contributed by atoms with E-state index in [1.165, 1.54) is 0 Å². The SMILES string of the molecule is CCC(O)c1cnc(Br)cc1C. The van der Waals surface area contributed by atoms with Crippen LogP contribution in [0.15, 0.2) is 16.9 Å². The van der Waals surface area contributed by atoms with Crippen molar-refractivity contribution in [2.45, 2.75) is 26.4 Å². The van der Waals surface area contributed by atoms with E-state index in [0.29, 0.717) is 0 Å². The first-order valence-electron chi connectivity index (χ1n) is 3.95. The Bertz CT molecular complexity index is 275. The van der Waals surface area contributed by atoms with Gasteiger partial charge >= 0.3 is 0 Å². The molecule has 0 fully saturated rings. The summed E-state index contributed by atoms with van der Waals surface area (Å²) in [5.74, 6) is 0. The number of nitrogens with zero attached hydrogens (tertiary/aromatic N) is 1. The minimum absolute atomic E-state index is 0.384. The van der Waals surface area contributed by atoms with Crippen molar-refractivity contribution in [3.05, 3.63) is 28.0 Å². The lowest BCUT2D eigenvalue weighted by atomic mass is 10.1. The van der Waals surface area contributed by atoms with E-state index in [1.807, 2.05) is 19.9 Å². The van der Waals surface area contributed by atoms with E-state index in [-0.39, 0.29) is 6.10 Å². The number of aromatic nitrogens is 1. The van der Waals surface area contributed by atoms with E-state index in [1.54, 1.807) is 6.20 Å². The van der Waals surface area contributed by atoms with Gasteiger partial charge in [-0.2, -0.15) is 0 Å². The fourth-order valence-corrected chi connectivity index (χ4v) is 1.55. The van der Waals surface area contributed by atoms with Crippen LogP contribution in [0.1, 0.15) is 30.6 Å². The number of hydrogen-bond acceptors (Lipinski definition) is 2. The molecule has 66 valence electrons. The Labute approximate surface area is 80.8 Å². The van der Waals surface area contributed by atoms with E-state index in [4.69, 9.17) is 0 Å². The van der Waals surface area contributed by atoms with Gasteiger partial charge in [0, 0.05) is 11.8 Å². The first kappa shape index (κ1) is 9.68. The number of halogens is 1. The number of rotatable bonds is 2. The van der Waals surface area contributed by atoms with Crippen LogP contribution in [0.4, 0.5) is 0 Å². The predicted octanol–water partition coefficient (Wildman–Crippen LogP) is 2.60. The average molecular weight is 230 g/mol. The van der Waals surface area contributed by atoms with Crippen LogP contribution < -0.4 is 0 Å². The summed E-state index contributed by atoms with van der Waals surface area (Å²) in [5, 5.41) is 9.55. The Morgan fingerprint density at radius 1 is 1.67 bits per heavy atom. The second-order valence-corrected chi connectivity index (χ2v) is 3.60. The molecule has 0 aliphatic heterocycles. The van der Waals surface area contributed by atoms with Crippen molar-refractivity contribution >= 4 is 15.9 Å². The third-order valence-corrected chi connectivity index (χ3v) is 2.30. The molecule has 0 aliphatic rings. The van der Waals surface area contributed by atoms with Gasteiger partial charge in [0.1, 0.15) is 4.60 Å². The lowest BCUT2D eigenvalue weighted by molar-refractivity contribution is 0.172. The van der Waals surface area contributed by atoms with Gasteiger partial charge in [-0.05, 0) is 40.9 Å². The highest BCUT2D eigenvalue weighted by Crippen LogP contribution is 2.21. The molecule has 0 bridgehead atoms. The third-order valence-electron chi connectivity index (χ3n) is 1.86. The predicted molar refractivity (Wildman–Crippen MR) is 51.9 cm³/mol. The number of aryl methyl sites for hydroxylation is 1. The zero-order chi connectivity index (χ0) is 9.14. The van der Waals surface area contributed by atoms with Crippen LogP contribution in [-0.2, 0) is 0 Å². The summed E-state index contributed by atoms with van der Waals surface area (Å²) in [4.78, 5) is 4.07. The Morgan fingerprint density at radius 3 is 2.83 bits per heavy atom. The van der Waals surface area contributed by atoms with Crippen molar-refractivity contribution in [2.75, 3.05) is 0 Å². The monoisotopic (exact) mass is 229 g/mol. The fourth-order valence-electron chi connectivity index (χ4n) is 1.10. The van der Waals surface area contributed by atoms with Gasteiger partial charge in [-0.15, -0.1) is 0 Å². The van der Waals surface area contributed by atoms with Crippen molar-refractivity contribution in [1.29, 1.82) is 0 Å². The zero-order valence-electron chi connectivity index (χ0n) is 7.21. The van der Waals surface area contributed by atoms with Crippen molar-refractivity contribution in [3.8, 4) is 0 Å². The van der Waals surface area contributed by atoms with Gasteiger partial charge in [0.05, 0.1) is 6.10 Å². The summed E-state index contributed by atoms with van der Waals surface area (Å²) in [7, 11) is 0. The molecule has 1 aromatic rings. The topological polar surface area (TPSA) is 33.1 Å². The molecule has 0 saturated carbocycles. The van der Waals surface area contributed by atoms with Crippen LogP contribution in [0.25, 0.3) is 0 Å². The Morgan fingerprint density at radius 2 is 2.33 bits per heavy atom. The lowest BCUT2D eigenvalue weighted by Crippen LogP contribution is -1.99. The smallest absolute Gasteiger partial charge is 0.106 e. The van der Waals surface area contributed by atoms with Gasteiger partial charge in [-0.3, -0.25) is 0 Å². The molecule has 1 rings (SSSR count). The minimum Gasteiger partial charge on any atom is -0.388 e. The van der Waals surface area contributed by atoms with Crippen LogP contribution in [0.2, 0.25) is 0 Å². The third kappa shape index (κ3) is 2.05. The maximum Gasteiger partial charge on any atom is 0.106 e. The zero-order valence-corrected chi connectivity index (χ0v) is 8.80. The van der Waals surface area contributed by atoms with Crippen LogP contribution in [0.3, 0.4) is 0 Å². The first-order valence-corrected chi connectivity index (χ1v) is 4.74. The molecule has 0 aliphatic carbocycles. The summed E-state index contributed by atoms with van der Waals surface area (Å²) in [6, 6.07) is 1.91. The number of hydrogen-bond donors (Lipinski definition) is 1. The van der Waals surface area contributed by atoms with Gasteiger partial charge in [-0.1, -0.05) is 6.92 Å². The minimum atomic E-state index is -0.384. The average Bonchev–Trinajstić information content (AvgIpc) is 2.03. The maximum atomic E-state index is 9.55. The maximum absolute atomic E-state index is 9.55. The molecule has 0 saturated heterocycles. The molecule has 0 spiro atoms. The van der Waals surface area contributed by atoms with Gasteiger partial charge in [0.2, 0.25) is 0 Å². The highest BCUT2D eigenvalue weighted by Gasteiger charge is 2.08. The summed E-state index contributed by atoms with van der Waals surface area (Å²) in [5.41, 5.74) is 1.99. The molecule has 1 unspecified atom stereocenters. The molecule has 0 amide bonds. The molecular weight excluding hydrogens is 218 g/mol. The van der Waals surface area contributed by atoms with E-state index in [9.17, 15) is 5.11 Å². The van der Waals surface area contributed by atoms with Crippen LogP contribution in [0, 0.1) is 6.92 Å². The van der Waals surface area contributed by atoms with E-state index in [2.05, 4.69) is 20.9 Å². The Kier molecular flexibility index (Phi) is 3.23. The number of aliphatic hydroxyl groups excluding tert-OH is 1. The molecule has 12 heavy (non-hydrogen) atoms. The molecule has 1 aromatic heterocycles. The first-order chi connectivity index (χ1) is 5.65. The number of pyridine rings is 1. The van der Waals surface area contributed by atoms with Crippen molar-refractivity contribution in [1.82, 2.24) is 4.98 Å². The Hall–Kier alpha value is -0.410. The quantitative estimate of drug-likeness (QED) is 0.792. The molecule has 1 N–H and O–H groups in total. The van der Waals surface area contributed by atoms with Crippen molar-refractivity contribution < 1.29 is 5.11 Å². The van der Waals surface area contributed by atoms with Gasteiger partial charge in [-0.25, -0.2) is 4.98 Å². The summed E-state index contributed by atoms with van der Waals surface area (Å²) < 4.78 is 0.812. The largest absolute Gasteiger partial charge is 0.388 e. The summed E-state index contributed by atoms with van der Waals surface area (Å²) in [6.07, 6.45) is 2.06. The van der Waals surface area contributed by atoms with Gasteiger partial charge < -0.3 is 5.11 Å². The second kappa shape index (κ2) is 4.01. The van der Waals surface area contributed by atoms with Gasteiger partial charge in [0.15, 0.2) is 0 Å². The lowest BCUT2D eigenvalue weighted by Gasteiger charge is -2.10. The van der Waals surface area contributed by atoms with Crippen molar-refractivity contribution in [2.24, 2.45) is 0 Å². The summed E-state index contributed by atoms with van der Waals surface area (Å²) in [6.45, 7) is 3.92. The molecule has 3 heteroatoms. The van der Waals surface area contributed by atoms with Crippen LogP contribution >= 0.6 is 15.9 Å². The number of aliphatic hydroxyl groups is 1. The molecule has 2 nitrogen and oxygen atoms in total. The van der Waals surface area contributed by atoms with Gasteiger partial charge in [0.25, 0.3) is 0 Å². The Balaban J connectivity index is 3.01. The second-order valence-electron chi connectivity index (χ2n) is 2.79. The molecule has 0 radical (unpaired) electrons. The molecule has 0 aromatic carbocycles. The molecule has 1 atom stereocenters. The van der Waals surface area contributed by atoms with E-state index >= 15 is 0 Å². The fraction of sp³-hybridized carbons (Fsp3) is 0.444. The molecule has 1 heterocycles. The standard InChI is InChI=1S/C9H12BrNO/c1-3-8(12)7-5-11-9(10)4-6(7)2/h4-5,8,12H,3H2,1-2H3. The van der Waals surface area contributed by atoms with Crippen LogP contribution in [0.5, 0.6) is 0 Å². The highest BCUT2D eigenvalue weighted by atomic mass is 79.9. The van der Waals surface area contributed by atoms with Crippen molar-refractivity contribution in [3.63, 3.8) is 0 Å². The van der Waals surface area contributed by atoms with E-state index in [0.717, 1.165) is 22.2 Å².